The van der Waals surface area contributed by atoms with Gasteiger partial charge in [0.05, 0.1) is 17.8 Å². The minimum Gasteiger partial charge on any atom is -0.375 e. The molecule has 1 saturated heterocycles. The molecule has 2 aromatic rings. The number of hydrogen-bond acceptors (Lipinski definition) is 3. The molecule has 7 heteroatoms. The van der Waals surface area contributed by atoms with Crippen LogP contribution >= 0.6 is 27.5 Å². The molecule has 0 radical (unpaired) electrons. The molecule has 0 saturated carbocycles. The first-order valence-electron chi connectivity index (χ1n) is 8.83. The fraction of sp³-hybridized carbons (Fsp3) is 0.300. The van der Waals surface area contributed by atoms with Crippen LogP contribution in [0.5, 0.6) is 0 Å². The van der Waals surface area contributed by atoms with Gasteiger partial charge >= 0.3 is 0 Å². The lowest BCUT2D eigenvalue weighted by Crippen LogP contribution is -2.29. The molecule has 0 bridgehead atoms. The third kappa shape index (κ3) is 5.02. The molecule has 1 aliphatic heterocycles. The Balaban J connectivity index is 1.68. The second-order valence-electron chi connectivity index (χ2n) is 6.57. The van der Waals surface area contributed by atoms with Crippen LogP contribution in [0.25, 0.3) is 0 Å². The topological polar surface area (TPSA) is 61.4 Å². The predicted molar refractivity (Wildman–Crippen MR) is 113 cm³/mol. The van der Waals surface area contributed by atoms with E-state index in [0.29, 0.717) is 22.0 Å². The Kier molecular flexibility index (Phi) is 6.39. The van der Waals surface area contributed by atoms with E-state index in [1.54, 1.807) is 18.2 Å². The van der Waals surface area contributed by atoms with Crippen molar-refractivity contribution in [3.05, 3.63) is 57.0 Å². The van der Waals surface area contributed by atoms with Crippen molar-refractivity contribution in [3.63, 3.8) is 0 Å². The number of likely N-dealkylation sites (tertiary alicyclic amines) is 1. The van der Waals surface area contributed by atoms with E-state index in [1.165, 1.54) is 0 Å². The number of aryl methyl sites for hydroxylation is 1. The molecular weight excluding hydrogens is 430 g/mol. The molecule has 2 amide bonds. The maximum atomic E-state index is 12.7. The highest BCUT2D eigenvalue weighted by atomic mass is 79.9. The molecule has 1 fully saturated rings. The number of nitrogens with zero attached hydrogens (tertiary/aromatic N) is 1. The number of hydrogen-bond donors (Lipinski definition) is 2. The molecule has 3 rings (SSSR count). The van der Waals surface area contributed by atoms with Crippen LogP contribution in [-0.4, -0.2) is 36.3 Å². The maximum Gasteiger partial charge on any atom is 0.255 e. The Bertz CT molecular complexity index is 866. The van der Waals surface area contributed by atoms with Gasteiger partial charge in [0.2, 0.25) is 5.91 Å². The number of nitrogens with one attached hydrogen (secondary N) is 2. The van der Waals surface area contributed by atoms with Crippen molar-refractivity contribution >= 4 is 50.7 Å². The minimum atomic E-state index is -0.209. The van der Waals surface area contributed by atoms with Crippen LogP contribution in [0.3, 0.4) is 0 Å². The van der Waals surface area contributed by atoms with Gasteiger partial charge in [-0.05, 0) is 71.6 Å². The molecule has 0 atom stereocenters. The highest BCUT2D eigenvalue weighted by Gasteiger charge is 2.22. The van der Waals surface area contributed by atoms with E-state index in [0.717, 1.165) is 36.0 Å². The van der Waals surface area contributed by atoms with E-state index >= 15 is 0 Å². The van der Waals surface area contributed by atoms with Crippen molar-refractivity contribution in [2.75, 3.05) is 30.3 Å². The van der Waals surface area contributed by atoms with E-state index in [1.807, 2.05) is 30.0 Å². The molecule has 0 aliphatic carbocycles. The van der Waals surface area contributed by atoms with Crippen LogP contribution < -0.4 is 10.6 Å². The van der Waals surface area contributed by atoms with E-state index in [4.69, 9.17) is 11.6 Å². The average molecular weight is 451 g/mol. The largest absolute Gasteiger partial charge is 0.375 e. The van der Waals surface area contributed by atoms with Crippen LogP contribution in [0.4, 0.5) is 11.4 Å². The van der Waals surface area contributed by atoms with Gasteiger partial charge in [-0.15, -0.1) is 0 Å². The number of carbonyl (C=O) groups is 2. The summed E-state index contributed by atoms with van der Waals surface area (Å²) in [5, 5.41) is 6.41. The number of benzene rings is 2. The average Bonchev–Trinajstić information content (AvgIpc) is 3.16. The van der Waals surface area contributed by atoms with E-state index in [-0.39, 0.29) is 18.4 Å². The van der Waals surface area contributed by atoms with Gasteiger partial charge in [-0.25, -0.2) is 0 Å². The van der Waals surface area contributed by atoms with Crippen molar-refractivity contribution in [2.24, 2.45) is 0 Å². The van der Waals surface area contributed by atoms with Gasteiger partial charge in [0.1, 0.15) is 0 Å². The number of amides is 2. The molecular formula is C20H21BrClN3O2. The van der Waals surface area contributed by atoms with Crippen molar-refractivity contribution in [1.82, 2.24) is 4.90 Å². The van der Waals surface area contributed by atoms with Gasteiger partial charge < -0.3 is 15.5 Å². The zero-order chi connectivity index (χ0) is 19.4. The highest BCUT2D eigenvalue weighted by Crippen LogP contribution is 2.25. The molecule has 142 valence electrons. The molecule has 1 heterocycles. The summed E-state index contributed by atoms with van der Waals surface area (Å²) >= 11 is 9.54. The SMILES string of the molecule is Cc1ccc(NC(=O)CNc2cc(Cl)ccc2C(=O)N2CCCC2)c(Br)c1. The first kappa shape index (κ1) is 19.7. The summed E-state index contributed by atoms with van der Waals surface area (Å²) in [4.78, 5) is 26.9. The lowest BCUT2D eigenvalue weighted by Gasteiger charge is -2.18. The fourth-order valence-corrected chi connectivity index (χ4v) is 3.80. The Morgan fingerprint density at radius 2 is 1.85 bits per heavy atom. The molecule has 27 heavy (non-hydrogen) atoms. The standard InChI is InChI=1S/C20H21BrClN3O2/c1-13-4-7-17(16(21)10-13)24-19(26)12-23-18-11-14(22)5-6-15(18)20(27)25-8-2-3-9-25/h4-7,10-11,23H,2-3,8-9,12H2,1H3,(H,24,26). The van der Waals surface area contributed by atoms with Crippen LogP contribution in [0.15, 0.2) is 40.9 Å². The molecule has 5 nitrogen and oxygen atoms in total. The Morgan fingerprint density at radius 3 is 2.56 bits per heavy atom. The van der Waals surface area contributed by atoms with Crippen LogP contribution in [0.1, 0.15) is 28.8 Å². The highest BCUT2D eigenvalue weighted by molar-refractivity contribution is 9.10. The zero-order valence-corrected chi connectivity index (χ0v) is 17.4. The van der Waals surface area contributed by atoms with Crippen molar-refractivity contribution in [2.45, 2.75) is 19.8 Å². The lowest BCUT2D eigenvalue weighted by molar-refractivity contribution is -0.114. The van der Waals surface area contributed by atoms with Crippen molar-refractivity contribution in [1.29, 1.82) is 0 Å². The summed E-state index contributed by atoms with van der Waals surface area (Å²) in [5.74, 6) is -0.243. The minimum absolute atomic E-state index is 0.0287. The van der Waals surface area contributed by atoms with Gasteiger partial charge in [-0.2, -0.15) is 0 Å². The third-order valence-electron chi connectivity index (χ3n) is 4.44. The molecule has 2 aromatic carbocycles. The van der Waals surface area contributed by atoms with Crippen LogP contribution in [0, 0.1) is 6.92 Å². The summed E-state index contributed by atoms with van der Waals surface area (Å²) in [5.41, 5.74) is 2.90. The van der Waals surface area contributed by atoms with Gasteiger partial charge in [0, 0.05) is 28.3 Å². The lowest BCUT2D eigenvalue weighted by atomic mass is 10.1. The van der Waals surface area contributed by atoms with Crippen molar-refractivity contribution in [3.8, 4) is 0 Å². The van der Waals surface area contributed by atoms with Crippen LogP contribution in [-0.2, 0) is 4.79 Å². The van der Waals surface area contributed by atoms with Gasteiger partial charge in [0.25, 0.3) is 5.91 Å². The maximum absolute atomic E-state index is 12.7. The monoisotopic (exact) mass is 449 g/mol. The molecule has 0 spiro atoms. The Morgan fingerprint density at radius 1 is 1.11 bits per heavy atom. The second kappa shape index (κ2) is 8.76. The Hall–Kier alpha value is -2.05. The van der Waals surface area contributed by atoms with Crippen molar-refractivity contribution < 1.29 is 9.59 Å². The Labute approximate surface area is 172 Å². The summed E-state index contributed by atoms with van der Waals surface area (Å²) in [6.45, 7) is 3.54. The number of anilines is 2. The summed E-state index contributed by atoms with van der Waals surface area (Å²) < 4.78 is 0.823. The van der Waals surface area contributed by atoms with E-state index in [2.05, 4.69) is 26.6 Å². The first-order valence-corrected chi connectivity index (χ1v) is 10.00. The second-order valence-corrected chi connectivity index (χ2v) is 7.87. The van der Waals surface area contributed by atoms with E-state index in [9.17, 15) is 9.59 Å². The predicted octanol–water partition coefficient (Wildman–Crippen LogP) is 4.70. The van der Waals surface area contributed by atoms with Crippen LogP contribution in [0.2, 0.25) is 5.02 Å². The van der Waals surface area contributed by atoms with Gasteiger partial charge in [-0.1, -0.05) is 17.7 Å². The molecule has 1 aliphatic rings. The molecule has 2 N–H and O–H groups in total. The van der Waals surface area contributed by atoms with Gasteiger partial charge in [-0.3, -0.25) is 9.59 Å². The number of rotatable bonds is 5. The molecule has 0 aromatic heterocycles. The summed E-state index contributed by atoms with van der Waals surface area (Å²) in [6, 6.07) is 10.8. The summed E-state index contributed by atoms with van der Waals surface area (Å²) in [6.07, 6.45) is 2.05. The first-order chi connectivity index (χ1) is 12.9. The third-order valence-corrected chi connectivity index (χ3v) is 5.33. The zero-order valence-electron chi connectivity index (χ0n) is 15.0. The van der Waals surface area contributed by atoms with Gasteiger partial charge in [0.15, 0.2) is 0 Å². The smallest absolute Gasteiger partial charge is 0.255 e. The number of carbonyl (C=O) groups excluding carboxylic acids is 2. The summed E-state index contributed by atoms with van der Waals surface area (Å²) in [7, 11) is 0. The fourth-order valence-electron chi connectivity index (χ4n) is 3.03. The molecule has 0 unspecified atom stereocenters. The number of halogens is 2. The van der Waals surface area contributed by atoms with E-state index < -0.39 is 0 Å². The quantitative estimate of drug-likeness (QED) is 0.694. The normalized spacial score (nSPS) is 13.5.